The Morgan fingerprint density at radius 2 is 1.85 bits per heavy atom. The van der Waals surface area contributed by atoms with Gasteiger partial charge in [-0.2, -0.15) is 13.2 Å². The van der Waals surface area contributed by atoms with Gasteiger partial charge < -0.3 is 5.73 Å². The minimum absolute atomic E-state index is 0.0683. The summed E-state index contributed by atoms with van der Waals surface area (Å²) in [4.78, 5) is 0. The molecule has 6 heteroatoms. The largest absolute Gasteiger partial charge is 0.391 e. The lowest BCUT2D eigenvalue weighted by atomic mass is 9.74. The fourth-order valence-corrected chi connectivity index (χ4v) is 3.23. The van der Waals surface area contributed by atoms with E-state index in [2.05, 4.69) is 15.9 Å². The molecule has 2 N–H and O–H groups in total. The first-order valence-corrected chi connectivity index (χ1v) is 7.28. The van der Waals surface area contributed by atoms with Gasteiger partial charge in [0.25, 0.3) is 0 Å². The first kappa shape index (κ1) is 15.8. The van der Waals surface area contributed by atoms with Crippen LogP contribution in [0, 0.1) is 11.7 Å². The third-order valence-electron chi connectivity index (χ3n) is 4.00. The van der Waals surface area contributed by atoms with E-state index in [0.717, 1.165) is 5.56 Å². The molecule has 1 saturated carbocycles. The van der Waals surface area contributed by atoms with Gasteiger partial charge in [-0.15, -0.1) is 0 Å². The van der Waals surface area contributed by atoms with Crippen LogP contribution in [0.2, 0.25) is 0 Å². The fourth-order valence-electron chi connectivity index (χ4n) is 2.74. The number of hydrogen-bond donors (Lipinski definition) is 1. The topological polar surface area (TPSA) is 26.0 Å². The summed E-state index contributed by atoms with van der Waals surface area (Å²) in [6, 6.07) is 4.31. The zero-order valence-corrected chi connectivity index (χ0v) is 12.4. The molecule has 0 bridgehead atoms. The van der Waals surface area contributed by atoms with Gasteiger partial charge in [0, 0.05) is 10.0 Å². The Morgan fingerprint density at radius 3 is 2.35 bits per heavy atom. The molecule has 112 valence electrons. The Kier molecular flexibility index (Phi) is 4.44. The predicted molar refractivity (Wildman–Crippen MR) is 72.7 cm³/mol. The third-order valence-corrected chi connectivity index (χ3v) is 4.74. The molecule has 1 aliphatic rings. The predicted octanol–water partition coefficient (Wildman–Crippen LogP) is 4.58. The average molecular weight is 354 g/mol. The summed E-state index contributed by atoms with van der Waals surface area (Å²) in [5, 5.41) is 0. The minimum Gasteiger partial charge on any atom is -0.325 e. The Hall–Kier alpha value is -0.620. The number of hydrogen-bond acceptors (Lipinski definition) is 1. The van der Waals surface area contributed by atoms with Crippen molar-refractivity contribution in [3.05, 3.63) is 34.1 Å². The van der Waals surface area contributed by atoms with Crippen LogP contribution in [0.25, 0.3) is 0 Å². The second kappa shape index (κ2) is 5.64. The Labute approximate surface area is 123 Å². The molecule has 0 unspecified atom stereocenters. The van der Waals surface area contributed by atoms with E-state index < -0.39 is 17.6 Å². The lowest BCUT2D eigenvalue weighted by Gasteiger charge is -2.38. The van der Waals surface area contributed by atoms with E-state index in [1.165, 1.54) is 12.1 Å². The third kappa shape index (κ3) is 3.73. The number of halogens is 5. The Bertz CT molecular complexity index is 479. The van der Waals surface area contributed by atoms with Crippen LogP contribution in [0.3, 0.4) is 0 Å². The molecule has 0 amide bonds. The van der Waals surface area contributed by atoms with Crippen molar-refractivity contribution in [2.24, 2.45) is 11.7 Å². The highest BCUT2D eigenvalue weighted by atomic mass is 79.9. The lowest BCUT2D eigenvalue weighted by Crippen LogP contribution is -2.47. The van der Waals surface area contributed by atoms with Gasteiger partial charge in [0.1, 0.15) is 5.82 Å². The van der Waals surface area contributed by atoms with Crippen molar-refractivity contribution in [2.75, 3.05) is 0 Å². The van der Waals surface area contributed by atoms with Crippen LogP contribution < -0.4 is 5.73 Å². The van der Waals surface area contributed by atoms with E-state index in [-0.39, 0.29) is 18.7 Å². The van der Waals surface area contributed by atoms with Crippen molar-refractivity contribution in [2.45, 2.75) is 43.8 Å². The van der Waals surface area contributed by atoms with Gasteiger partial charge in [0.15, 0.2) is 0 Å². The normalized spacial score (nSPS) is 27.6. The Balaban J connectivity index is 2.03. The zero-order chi connectivity index (χ0) is 15.0. The van der Waals surface area contributed by atoms with E-state index in [0.29, 0.717) is 23.7 Å². The molecular weight excluding hydrogens is 338 g/mol. The highest BCUT2D eigenvalue weighted by molar-refractivity contribution is 9.10. The van der Waals surface area contributed by atoms with E-state index in [4.69, 9.17) is 5.73 Å². The summed E-state index contributed by atoms with van der Waals surface area (Å²) in [6.07, 6.45) is -2.87. The van der Waals surface area contributed by atoms with Crippen molar-refractivity contribution in [3.8, 4) is 0 Å². The van der Waals surface area contributed by atoms with Gasteiger partial charge in [-0.3, -0.25) is 0 Å². The number of benzene rings is 1. The van der Waals surface area contributed by atoms with E-state index in [1.54, 1.807) is 6.07 Å². The standard InChI is InChI=1S/C14H16BrF4N/c15-12-7-11(16)2-1-9(12)8-13(20)5-3-10(4-6-13)14(17,18)19/h1-2,7,10H,3-6,8,20H2. The summed E-state index contributed by atoms with van der Waals surface area (Å²) in [5.41, 5.74) is 6.42. The quantitative estimate of drug-likeness (QED) is 0.773. The molecule has 0 spiro atoms. The summed E-state index contributed by atoms with van der Waals surface area (Å²) in [5.74, 6) is -1.59. The highest BCUT2D eigenvalue weighted by Gasteiger charge is 2.44. The number of alkyl halides is 3. The molecule has 0 saturated heterocycles. The molecule has 0 atom stereocenters. The summed E-state index contributed by atoms with van der Waals surface area (Å²) in [6.45, 7) is 0. The molecule has 1 nitrogen and oxygen atoms in total. The first-order valence-electron chi connectivity index (χ1n) is 6.49. The van der Waals surface area contributed by atoms with Crippen molar-refractivity contribution in [3.63, 3.8) is 0 Å². The molecule has 0 aromatic heterocycles. The second-order valence-corrected chi connectivity index (χ2v) is 6.45. The highest BCUT2D eigenvalue weighted by Crippen LogP contribution is 2.41. The van der Waals surface area contributed by atoms with Crippen LogP contribution >= 0.6 is 15.9 Å². The summed E-state index contributed by atoms with van der Waals surface area (Å²) < 4.78 is 51.5. The minimum atomic E-state index is -4.13. The first-order chi connectivity index (χ1) is 9.20. The van der Waals surface area contributed by atoms with E-state index in [9.17, 15) is 17.6 Å². The Morgan fingerprint density at radius 1 is 1.25 bits per heavy atom. The smallest absolute Gasteiger partial charge is 0.325 e. The van der Waals surface area contributed by atoms with E-state index >= 15 is 0 Å². The zero-order valence-electron chi connectivity index (χ0n) is 10.8. The van der Waals surface area contributed by atoms with Gasteiger partial charge >= 0.3 is 6.18 Å². The maximum Gasteiger partial charge on any atom is 0.391 e. The van der Waals surface area contributed by atoms with Gasteiger partial charge in [-0.25, -0.2) is 4.39 Å². The van der Waals surface area contributed by atoms with Crippen LogP contribution in [0.1, 0.15) is 31.2 Å². The van der Waals surface area contributed by atoms with Crippen molar-refractivity contribution in [1.29, 1.82) is 0 Å². The van der Waals surface area contributed by atoms with Crippen LogP contribution in [0.5, 0.6) is 0 Å². The number of nitrogens with two attached hydrogens (primary N) is 1. The molecule has 0 radical (unpaired) electrons. The molecule has 1 aromatic rings. The molecule has 1 aliphatic carbocycles. The molecule has 1 aromatic carbocycles. The van der Waals surface area contributed by atoms with Gasteiger partial charge in [0.2, 0.25) is 0 Å². The molecule has 20 heavy (non-hydrogen) atoms. The SMILES string of the molecule is NC1(Cc2ccc(F)cc2Br)CCC(C(F)(F)F)CC1. The molecule has 0 aliphatic heterocycles. The van der Waals surface area contributed by atoms with Crippen LogP contribution in [-0.2, 0) is 6.42 Å². The monoisotopic (exact) mass is 353 g/mol. The summed E-state index contributed by atoms with van der Waals surface area (Å²) in [7, 11) is 0. The van der Waals surface area contributed by atoms with Gasteiger partial charge in [-0.1, -0.05) is 22.0 Å². The maximum absolute atomic E-state index is 13.0. The molecular formula is C14H16BrF4N. The maximum atomic E-state index is 13.0. The molecule has 1 fully saturated rings. The van der Waals surface area contributed by atoms with Crippen molar-refractivity contribution < 1.29 is 17.6 Å². The lowest BCUT2D eigenvalue weighted by molar-refractivity contribution is -0.184. The fraction of sp³-hybridized carbons (Fsp3) is 0.571. The van der Waals surface area contributed by atoms with Crippen molar-refractivity contribution >= 4 is 15.9 Å². The van der Waals surface area contributed by atoms with Gasteiger partial charge in [0.05, 0.1) is 5.92 Å². The number of rotatable bonds is 2. The summed E-state index contributed by atoms with van der Waals surface area (Å²) >= 11 is 3.27. The van der Waals surface area contributed by atoms with Crippen LogP contribution in [0.15, 0.2) is 22.7 Å². The molecule has 0 heterocycles. The van der Waals surface area contributed by atoms with Crippen LogP contribution in [-0.4, -0.2) is 11.7 Å². The van der Waals surface area contributed by atoms with E-state index in [1.807, 2.05) is 0 Å². The van der Waals surface area contributed by atoms with Crippen LogP contribution in [0.4, 0.5) is 17.6 Å². The molecule has 2 rings (SSSR count). The second-order valence-electron chi connectivity index (χ2n) is 5.59. The van der Waals surface area contributed by atoms with Crippen molar-refractivity contribution in [1.82, 2.24) is 0 Å². The van der Waals surface area contributed by atoms with Gasteiger partial charge in [-0.05, 0) is 49.8 Å². The average Bonchev–Trinajstić information content (AvgIpc) is 2.32.